The summed E-state index contributed by atoms with van der Waals surface area (Å²) in [5.41, 5.74) is 1.31. The molecule has 2 atom stereocenters. The number of anilines is 1. The molecule has 0 aliphatic rings. The van der Waals surface area contributed by atoms with Gasteiger partial charge in [0.05, 0.1) is 12.6 Å². The minimum absolute atomic E-state index is 0.242. The van der Waals surface area contributed by atoms with Gasteiger partial charge in [-0.2, -0.15) is 11.3 Å². The monoisotopic (exact) mass is 265 g/mol. The van der Waals surface area contributed by atoms with Crippen molar-refractivity contribution in [3.63, 3.8) is 0 Å². The Bertz CT molecular complexity index is 466. The molecule has 2 aromatic rings. The van der Waals surface area contributed by atoms with Crippen molar-refractivity contribution in [2.24, 2.45) is 0 Å². The minimum atomic E-state index is 0.242. The zero-order valence-corrected chi connectivity index (χ0v) is 11.8. The highest BCUT2D eigenvalue weighted by molar-refractivity contribution is 7.07. The van der Waals surface area contributed by atoms with Crippen LogP contribution in [-0.4, -0.2) is 29.3 Å². The van der Waals surface area contributed by atoms with Gasteiger partial charge in [0.1, 0.15) is 0 Å². The van der Waals surface area contributed by atoms with Gasteiger partial charge < -0.3 is 14.6 Å². The summed E-state index contributed by atoms with van der Waals surface area (Å²) < 4.78 is 7.27. The molecule has 1 N–H and O–H groups in total. The van der Waals surface area contributed by atoms with Crippen LogP contribution in [0.25, 0.3) is 0 Å². The Morgan fingerprint density at radius 3 is 3.00 bits per heavy atom. The molecule has 2 rings (SSSR count). The third-order valence-electron chi connectivity index (χ3n) is 2.90. The number of imidazole rings is 1. The van der Waals surface area contributed by atoms with Crippen LogP contribution < -0.4 is 5.32 Å². The van der Waals surface area contributed by atoms with Gasteiger partial charge in [0.25, 0.3) is 0 Å². The van der Waals surface area contributed by atoms with E-state index in [0.29, 0.717) is 6.61 Å². The molecule has 0 spiro atoms. The van der Waals surface area contributed by atoms with E-state index in [4.69, 9.17) is 4.74 Å². The maximum Gasteiger partial charge on any atom is 0.203 e. The van der Waals surface area contributed by atoms with E-state index < -0.39 is 0 Å². The molecule has 0 fully saturated rings. The van der Waals surface area contributed by atoms with Gasteiger partial charge in [0.2, 0.25) is 5.95 Å². The topological polar surface area (TPSA) is 39.1 Å². The Morgan fingerprint density at radius 1 is 1.50 bits per heavy atom. The first kappa shape index (κ1) is 13.1. The average molecular weight is 265 g/mol. The van der Waals surface area contributed by atoms with Crippen molar-refractivity contribution in [1.29, 1.82) is 0 Å². The molecule has 2 heterocycles. The average Bonchev–Trinajstić information content (AvgIpc) is 2.98. The fourth-order valence-corrected chi connectivity index (χ4v) is 2.67. The van der Waals surface area contributed by atoms with Crippen molar-refractivity contribution in [2.75, 3.05) is 19.0 Å². The number of thiophene rings is 1. The molecule has 0 radical (unpaired) electrons. The van der Waals surface area contributed by atoms with E-state index >= 15 is 0 Å². The van der Waals surface area contributed by atoms with Crippen LogP contribution in [0.3, 0.4) is 0 Å². The van der Waals surface area contributed by atoms with E-state index in [-0.39, 0.29) is 12.1 Å². The van der Waals surface area contributed by atoms with E-state index in [0.717, 1.165) is 5.95 Å². The molecule has 98 valence electrons. The lowest BCUT2D eigenvalue weighted by atomic mass is 10.2. The van der Waals surface area contributed by atoms with Gasteiger partial charge in [-0.15, -0.1) is 0 Å². The van der Waals surface area contributed by atoms with Crippen molar-refractivity contribution in [3.8, 4) is 0 Å². The molecular formula is C13H19N3OS. The Morgan fingerprint density at radius 2 is 2.33 bits per heavy atom. The number of methoxy groups -OCH3 is 1. The summed E-state index contributed by atoms with van der Waals surface area (Å²) in [7, 11) is 1.71. The highest BCUT2D eigenvalue weighted by Crippen LogP contribution is 2.23. The number of nitrogens with one attached hydrogen (secondary N) is 1. The molecule has 0 aliphatic heterocycles. The van der Waals surface area contributed by atoms with E-state index in [1.54, 1.807) is 18.4 Å². The van der Waals surface area contributed by atoms with Crippen LogP contribution in [-0.2, 0) is 4.74 Å². The third-order valence-corrected chi connectivity index (χ3v) is 3.61. The summed E-state index contributed by atoms with van der Waals surface area (Å²) in [6.45, 7) is 4.92. The third kappa shape index (κ3) is 2.91. The molecule has 5 heteroatoms. The molecule has 18 heavy (non-hydrogen) atoms. The molecule has 0 aliphatic carbocycles. The SMILES string of the molecule is COCC(C)Nc1nccn1C(C)c1ccsc1. The van der Waals surface area contributed by atoms with E-state index in [9.17, 15) is 0 Å². The Labute approximate surface area is 112 Å². The van der Waals surface area contributed by atoms with Crippen LogP contribution in [0.1, 0.15) is 25.5 Å². The van der Waals surface area contributed by atoms with E-state index in [2.05, 4.69) is 45.5 Å². The van der Waals surface area contributed by atoms with Gasteiger partial charge in [-0.3, -0.25) is 0 Å². The summed E-state index contributed by atoms with van der Waals surface area (Å²) in [6.07, 6.45) is 3.83. The summed E-state index contributed by atoms with van der Waals surface area (Å²) in [4.78, 5) is 4.37. The normalized spacial score (nSPS) is 14.4. The second-order valence-corrected chi connectivity index (χ2v) is 5.17. The molecule has 2 unspecified atom stereocenters. The van der Waals surface area contributed by atoms with Crippen molar-refractivity contribution in [2.45, 2.75) is 25.9 Å². The number of hydrogen-bond acceptors (Lipinski definition) is 4. The number of ether oxygens (including phenoxy) is 1. The highest BCUT2D eigenvalue weighted by atomic mass is 32.1. The van der Waals surface area contributed by atoms with Crippen LogP contribution in [0.2, 0.25) is 0 Å². The largest absolute Gasteiger partial charge is 0.383 e. The molecule has 2 aromatic heterocycles. The first-order valence-electron chi connectivity index (χ1n) is 6.02. The predicted octanol–water partition coefficient (Wildman–Crippen LogP) is 3.00. The highest BCUT2D eigenvalue weighted by Gasteiger charge is 2.13. The summed E-state index contributed by atoms with van der Waals surface area (Å²) in [5, 5.41) is 7.64. The number of nitrogens with zero attached hydrogens (tertiary/aromatic N) is 2. The van der Waals surface area contributed by atoms with Crippen LogP contribution in [0.4, 0.5) is 5.95 Å². The lowest BCUT2D eigenvalue weighted by molar-refractivity contribution is 0.190. The molecule has 0 amide bonds. The standard InChI is InChI=1S/C13H19N3OS/c1-10(8-17-3)15-13-14-5-6-16(13)11(2)12-4-7-18-9-12/h4-7,9-11H,8H2,1-3H3,(H,14,15). The Kier molecular flexibility index (Phi) is 4.38. The van der Waals surface area contributed by atoms with Crippen LogP contribution in [0, 0.1) is 0 Å². The number of rotatable bonds is 6. The minimum Gasteiger partial charge on any atom is -0.383 e. The first-order valence-corrected chi connectivity index (χ1v) is 6.97. The predicted molar refractivity (Wildman–Crippen MR) is 75.3 cm³/mol. The number of hydrogen-bond donors (Lipinski definition) is 1. The molecule has 4 nitrogen and oxygen atoms in total. The van der Waals surface area contributed by atoms with Crippen molar-refractivity contribution >= 4 is 17.3 Å². The Balaban J connectivity index is 2.12. The van der Waals surface area contributed by atoms with Crippen LogP contribution >= 0.6 is 11.3 Å². The summed E-state index contributed by atoms with van der Waals surface area (Å²) >= 11 is 1.72. The van der Waals surface area contributed by atoms with Crippen LogP contribution in [0.15, 0.2) is 29.2 Å². The van der Waals surface area contributed by atoms with E-state index in [1.165, 1.54) is 5.56 Å². The van der Waals surface area contributed by atoms with Crippen molar-refractivity contribution in [1.82, 2.24) is 9.55 Å². The van der Waals surface area contributed by atoms with Gasteiger partial charge in [-0.05, 0) is 36.2 Å². The fourth-order valence-electron chi connectivity index (χ4n) is 1.92. The second kappa shape index (κ2) is 6.02. The first-order chi connectivity index (χ1) is 8.72. The summed E-state index contributed by atoms with van der Waals surface area (Å²) in [5.74, 6) is 0.887. The number of aromatic nitrogens is 2. The van der Waals surface area contributed by atoms with Gasteiger partial charge in [0, 0.05) is 25.5 Å². The summed E-state index contributed by atoms with van der Waals surface area (Å²) in [6, 6.07) is 2.68. The van der Waals surface area contributed by atoms with Gasteiger partial charge >= 0.3 is 0 Å². The molecule has 0 bridgehead atoms. The fraction of sp³-hybridized carbons (Fsp3) is 0.462. The smallest absolute Gasteiger partial charge is 0.203 e. The van der Waals surface area contributed by atoms with Crippen molar-refractivity contribution < 1.29 is 4.74 Å². The molecule has 0 saturated carbocycles. The maximum atomic E-state index is 5.13. The van der Waals surface area contributed by atoms with Gasteiger partial charge in [-0.25, -0.2) is 4.98 Å². The molecule has 0 aromatic carbocycles. The van der Waals surface area contributed by atoms with E-state index in [1.807, 2.05) is 12.4 Å². The lowest BCUT2D eigenvalue weighted by Crippen LogP contribution is -2.23. The molecular weight excluding hydrogens is 246 g/mol. The lowest BCUT2D eigenvalue weighted by Gasteiger charge is -2.19. The maximum absolute atomic E-state index is 5.13. The zero-order chi connectivity index (χ0) is 13.0. The Hall–Kier alpha value is -1.33. The molecule has 0 saturated heterocycles. The quantitative estimate of drug-likeness (QED) is 0.872. The van der Waals surface area contributed by atoms with Crippen molar-refractivity contribution in [3.05, 3.63) is 34.8 Å². The van der Waals surface area contributed by atoms with Gasteiger partial charge in [0.15, 0.2) is 0 Å². The zero-order valence-electron chi connectivity index (χ0n) is 11.0. The second-order valence-electron chi connectivity index (χ2n) is 4.39. The van der Waals surface area contributed by atoms with Gasteiger partial charge in [-0.1, -0.05) is 0 Å². The van der Waals surface area contributed by atoms with Crippen LogP contribution in [0.5, 0.6) is 0 Å².